The smallest absolute Gasteiger partial charge is 0.154 e. The Morgan fingerprint density at radius 3 is 2.59 bits per heavy atom. The standard InChI is InChI=1S/C12H19NO3S/c1-10-5-3-4-6-11(10)12(13)9-17(14,15)8-7-16-2/h3-6,12H,7-9,13H2,1-2H3. The van der Waals surface area contributed by atoms with Crippen molar-refractivity contribution >= 4 is 9.84 Å². The molecule has 1 rings (SSSR count). The van der Waals surface area contributed by atoms with Crippen molar-refractivity contribution in [1.82, 2.24) is 0 Å². The Labute approximate surface area is 103 Å². The summed E-state index contributed by atoms with van der Waals surface area (Å²) in [5.41, 5.74) is 7.83. The van der Waals surface area contributed by atoms with Gasteiger partial charge >= 0.3 is 0 Å². The number of ether oxygens (including phenoxy) is 1. The summed E-state index contributed by atoms with van der Waals surface area (Å²) in [4.78, 5) is 0. The predicted molar refractivity (Wildman–Crippen MR) is 68.6 cm³/mol. The van der Waals surface area contributed by atoms with Crippen LogP contribution in [0.2, 0.25) is 0 Å². The van der Waals surface area contributed by atoms with Gasteiger partial charge in [-0.3, -0.25) is 0 Å². The third kappa shape index (κ3) is 4.46. The van der Waals surface area contributed by atoms with Crippen LogP contribution in [0.3, 0.4) is 0 Å². The molecule has 0 heterocycles. The number of methoxy groups -OCH3 is 1. The third-order valence-corrected chi connectivity index (χ3v) is 4.28. The Morgan fingerprint density at radius 1 is 1.35 bits per heavy atom. The molecule has 5 heteroatoms. The average Bonchev–Trinajstić information content (AvgIpc) is 2.26. The summed E-state index contributed by atoms with van der Waals surface area (Å²) >= 11 is 0. The van der Waals surface area contributed by atoms with Gasteiger partial charge in [0.25, 0.3) is 0 Å². The molecule has 1 unspecified atom stereocenters. The molecule has 4 nitrogen and oxygen atoms in total. The van der Waals surface area contributed by atoms with E-state index in [1.54, 1.807) is 0 Å². The van der Waals surface area contributed by atoms with Gasteiger partial charge in [0.1, 0.15) is 0 Å². The molecule has 0 bridgehead atoms. The molecular formula is C12H19NO3S. The molecule has 0 amide bonds. The van der Waals surface area contributed by atoms with Crippen molar-refractivity contribution in [1.29, 1.82) is 0 Å². The summed E-state index contributed by atoms with van der Waals surface area (Å²) in [7, 11) is -1.67. The first-order valence-corrected chi connectivity index (χ1v) is 7.29. The van der Waals surface area contributed by atoms with E-state index in [1.165, 1.54) is 7.11 Å². The zero-order valence-electron chi connectivity index (χ0n) is 10.2. The number of hydrogen-bond donors (Lipinski definition) is 1. The SMILES string of the molecule is COCCS(=O)(=O)CC(N)c1ccccc1C. The van der Waals surface area contributed by atoms with Gasteiger partial charge in [-0.1, -0.05) is 24.3 Å². The average molecular weight is 257 g/mol. The molecule has 0 radical (unpaired) electrons. The molecule has 0 aliphatic heterocycles. The second-order valence-corrected chi connectivity index (χ2v) is 6.30. The summed E-state index contributed by atoms with van der Waals surface area (Å²) in [5, 5.41) is 0. The minimum absolute atomic E-state index is 0.0169. The largest absolute Gasteiger partial charge is 0.384 e. The second-order valence-electron chi connectivity index (χ2n) is 4.07. The van der Waals surface area contributed by atoms with Gasteiger partial charge in [0.2, 0.25) is 0 Å². The van der Waals surface area contributed by atoms with Crippen LogP contribution in [0.4, 0.5) is 0 Å². The molecule has 0 saturated carbocycles. The van der Waals surface area contributed by atoms with Crippen molar-refractivity contribution < 1.29 is 13.2 Å². The van der Waals surface area contributed by atoms with Gasteiger partial charge in [0, 0.05) is 13.2 Å². The zero-order valence-corrected chi connectivity index (χ0v) is 11.0. The maximum absolute atomic E-state index is 11.7. The van der Waals surface area contributed by atoms with Crippen LogP contribution in [0.25, 0.3) is 0 Å². The number of aryl methyl sites for hydroxylation is 1. The van der Waals surface area contributed by atoms with Gasteiger partial charge in [-0.05, 0) is 18.1 Å². The first-order chi connectivity index (χ1) is 7.96. The summed E-state index contributed by atoms with van der Waals surface area (Å²) < 4.78 is 28.2. The summed E-state index contributed by atoms with van der Waals surface area (Å²) in [5.74, 6) is -0.0235. The maximum atomic E-state index is 11.7. The number of rotatable bonds is 6. The van der Waals surface area contributed by atoms with Gasteiger partial charge in [0.15, 0.2) is 9.84 Å². The normalized spacial score (nSPS) is 13.6. The molecule has 1 aromatic rings. The van der Waals surface area contributed by atoms with Gasteiger partial charge in [-0.25, -0.2) is 8.42 Å². The Kier molecular flexibility index (Phi) is 5.11. The Hall–Kier alpha value is -0.910. The van der Waals surface area contributed by atoms with E-state index in [0.717, 1.165) is 11.1 Å². The molecule has 17 heavy (non-hydrogen) atoms. The van der Waals surface area contributed by atoms with Gasteiger partial charge in [-0.2, -0.15) is 0 Å². The fourth-order valence-electron chi connectivity index (χ4n) is 1.66. The molecular weight excluding hydrogens is 238 g/mol. The lowest BCUT2D eigenvalue weighted by molar-refractivity contribution is 0.217. The first-order valence-electron chi connectivity index (χ1n) is 5.47. The Balaban J connectivity index is 2.73. The lowest BCUT2D eigenvalue weighted by Crippen LogP contribution is -2.25. The molecule has 0 fully saturated rings. The monoisotopic (exact) mass is 257 g/mol. The van der Waals surface area contributed by atoms with Crippen LogP contribution in [0.15, 0.2) is 24.3 Å². The van der Waals surface area contributed by atoms with Gasteiger partial charge in [0.05, 0.1) is 18.1 Å². The summed E-state index contributed by atoms with van der Waals surface area (Å²) in [6.45, 7) is 2.14. The fraction of sp³-hybridized carbons (Fsp3) is 0.500. The molecule has 0 saturated heterocycles. The van der Waals surface area contributed by atoms with E-state index >= 15 is 0 Å². The van der Waals surface area contributed by atoms with E-state index in [4.69, 9.17) is 10.5 Å². The van der Waals surface area contributed by atoms with Crippen molar-refractivity contribution in [3.63, 3.8) is 0 Å². The highest BCUT2D eigenvalue weighted by Crippen LogP contribution is 2.16. The van der Waals surface area contributed by atoms with Crippen LogP contribution >= 0.6 is 0 Å². The van der Waals surface area contributed by atoms with E-state index in [2.05, 4.69) is 0 Å². The van der Waals surface area contributed by atoms with Crippen LogP contribution in [0.1, 0.15) is 17.2 Å². The van der Waals surface area contributed by atoms with E-state index in [-0.39, 0.29) is 18.1 Å². The Morgan fingerprint density at radius 2 is 2.00 bits per heavy atom. The predicted octanol–water partition coefficient (Wildman–Crippen LogP) is 1.06. The van der Waals surface area contributed by atoms with E-state index in [9.17, 15) is 8.42 Å². The van der Waals surface area contributed by atoms with Crippen molar-refractivity contribution in [2.75, 3.05) is 25.2 Å². The lowest BCUT2D eigenvalue weighted by Gasteiger charge is -2.14. The second kappa shape index (κ2) is 6.14. The molecule has 2 N–H and O–H groups in total. The lowest BCUT2D eigenvalue weighted by atomic mass is 10.0. The van der Waals surface area contributed by atoms with Crippen LogP contribution < -0.4 is 5.73 Å². The molecule has 96 valence electrons. The topological polar surface area (TPSA) is 69.4 Å². The minimum atomic E-state index is -3.16. The van der Waals surface area contributed by atoms with E-state index < -0.39 is 15.9 Å². The van der Waals surface area contributed by atoms with Crippen LogP contribution in [-0.2, 0) is 14.6 Å². The molecule has 1 atom stereocenters. The van der Waals surface area contributed by atoms with Crippen molar-refractivity contribution in [3.05, 3.63) is 35.4 Å². The summed E-state index contributed by atoms with van der Waals surface area (Å²) in [6.07, 6.45) is 0. The van der Waals surface area contributed by atoms with E-state index in [0.29, 0.717) is 0 Å². The highest BCUT2D eigenvalue weighted by atomic mass is 32.2. The number of sulfone groups is 1. The summed E-state index contributed by atoms with van der Waals surface area (Å²) in [6, 6.07) is 7.09. The van der Waals surface area contributed by atoms with Crippen molar-refractivity contribution in [2.45, 2.75) is 13.0 Å². The third-order valence-electron chi connectivity index (χ3n) is 2.62. The highest BCUT2D eigenvalue weighted by Gasteiger charge is 2.18. The van der Waals surface area contributed by atoms with Crippen LogP contribution in [0.5, 0.6) is 0 Å². The Bertz CT molecular complexity index is 457. The fourth-order valence-corrected chi connectivity index (χ4v) is 2.97. The molecule has 0 aliphatic rings. The molecule has 0 spiro atoms. The highest BCUT2D eigenvalue weighted by molar-refractivity contribution is 7.91. The molecule has 1 aromatic carbocycles. The van der Waals surface area contributed by atoms with Crippen LogP contribution in [0, 0.1) is 6.92 Å². The number of nitrogens with two attached hydrogens (primary N) is 1. The quantitative estimate of drug-likeness (QED) is 0.827. The van der Waals surface area contributed by atoms with Crippen molar-refractivity contribution in [3.8, 4) is 0 Å². The van der Waals surface area contributed by atoms with Gasteiger partial charge in [-0.15, -0.1) is 0 Å². The molecule has 0 aromatic heterocycles. The first kappa shape index (κ1) is 14.2. The maximum Gasteiger partial charge on any atom is 0.154 e. The molecule has 0 aliphatic carbocycles. The van der Waals surface area contributed by atoms with Gasteiger partial charge < -0.3 is 10.5 Å². The van der Waals surface area contributed by atoms with E-state index in [1.807, 2.05) is 31.2 Å². The zero-order chi connectivity index (χ0) is 12.9. The van der Waals surface area contributed by atoms with Crippen molar-refractivity contribution in [2.24, 2.45) is 5.73 Å². The number of benzene rings is 1. The number of hydrogen-bond acceptors (Lipinski definition) is 4. The minimum Gasteiger partial charge on any atom is -0.384 e. The van der Waals surface area contributed by atoms with Crippen LogP contribution in [-0.4, -0.2) is 33.6 Å².